The predicted molar refractivity (Wildman–Crippen MR) is 62.7 cm³/mol. The van der Waals surface area contributed by atoms with Crippen molar-refractivity contribution < 1.29 is 0 Å². The standard InChI is InChI=1S/C11H17N3S/c12-8-9-4-1-2-5-10(9)15-11-13-6-3-7-14-11/h3,6-7,9-10H,1-2,4-5,8,12H2. The van der Waals surface area contributed by atoms with Crippen molar-refractivity contribution in [2.45, 2.75) is 36.1 Å². The number of nitrogens with zero attached hydrogens (tertiary/aromatic N) is 2. The zero-order valence-electron chi connectivity index (χ0n) is 8.80. The maximum Gasteiger partial charge on any atom is 0.187 e. The number of thioether (sulfide) groups is 1. The molecular weight excluding hydrogens is 206 g/mol. The fraction of sp³-hybridized carbons (Fsp3) is 0.636. The molecule has 0 aromatic carbocycles. The lowest BCUT2D eigenvalue weighted by Crippen LogP contribution is -2.28. The molecule has 1 aliphatic rings. The maximum absolute atomic E-state index is 5.79. The molecule has 2 unspecified atom stereocenters. The van der Waals surface area contributed by atoms with Crippen molar-refractivity contribution in [2.24, 2.45) is 11.7 Å². The first kappa shape index (κ1) is 10.9. The second kappa shape index (κ2) is 5.47. The molecule has 0 saturated heterocycles. The summed E-state index contributed by atoms with van der Waals surface area (Å²) in [6.45, 7) is 0.796. The smallest absolute Gasteiger partial charge is 0.187 e. The van der Waals surface area contributed by atoms with Crippen LogP contribution in [0.2, 0.25) is 0 Å². The van der Waals surface area contributed by atoms with Crippen LogP contribution in [0.25, 0.3) is 0 Å². The van der Waals surface area contributed by atoms with E-state index in [1.165, 1.54) is 25.7 Å². The van der Waals surface area contributed by atoms with Gasteiger partial charge in [0.2, 0.25) is 0 Å². The predicted octanol–water partition coefficient (Wildman–Crippen LogP) is 2.09. The van der Waals surface area contributed by atoms with E-state index in [0.29, 0.717) is 11.2 Å². The summed E-state index contributed by atoms with van der Waals surface area (Å²) < 4.78 is 0. The quantitative estimate of drug-likeness (QED) is 0.797. The first-order valence-corrected chi connectivity index (χ1v) is 6.42. The molecule has 1 saturated carbocycles. The third-order valence-corrected chi connectivity index (χ3v) is 4.29. The molecule has 1 aromatic rings. The van der Waals surface area contributed by atoms with Crippen LogP contribution in [-0.2, 0) is 0 Å². The highest BCUT2D eigenvalue weighted by Crippen LogP contribution is 2.35. The van der Waals surface area contributed by atoms with Gasteiger partial charge in [0.05, 0.1) is 0 Å². The van der Waals surface area contributed by atoms with Gasteiger partial charge in [-0.15, -0.1) is 0 Å². The molecule has 2 N–H and O–H groups in total. The number of aromatic nitrogens is 2. The molecule has 2 atom stereocenters. The first-order valence-electron chi connectivity index (χ1n) is 5.54. The molecule has 15 heavy (non-hydrogen) atoms. The largest absolute Gasteiger partial charge is 0.330 e. The molecule has 0 bridgehead atoms. The Hall–Kier alpha value is -0.610. The van der Waals surface area contributed by atoms with E-state index in [1.807, 2.05) is 6.07 Å². The zero-order chi connectivity index (χ0) is 10.5. The Bertz CT molecular complexity index is 291. The molecule has 0 amide bonds. The Kier molecular flexibility index (Phi) is 3.97. The third-order valence-electron chi connectivity index (χ3n) is 2.94. The van der Waals surface area contributed by atoms with Gasteiger partial charge in [-0.05, 0) is 31.4 Å². The van der Waals surface area contributed by atoms with Crippen LogP contribution in [0.1, 0.15) is 25.7 Å². The van der Waals surface area contributed by atoms with Gasteiger partial charge < -0.3 is 5.73 Å². The fourth-order valence-electron chi connectivity index (χ4n) is 2.08. The molecule has 3 nitrogen and oxygen atoms in total. The number of nitrogens with two attached hydrogens (primary N) is 1. The van der Waals surface area contributed by atoms with E-state index in [4.69, 9.17) is 5.73 Å². The molecule has 1 heterocycles. The Morgan fingerprint density at radius 1 is 1.27 bits per heavy atom. The molecule has 2 rings (SSSR count). The van der Waals surface area contributed by atoms with E-state index in [-0.39, 0.29) is 0 Å². The molecular formula is C11H17N3S. The lowest BCUT2D eigenvalue weighted by molar-refractivity contribution is 0.378. The average molecular weight is 223 g/mol. The van der Waals surface area contributed by atoms with Crippen molar-refractivity contribution in [1.82, 2.24) is 9.97 Å². The van der Waals surface area contributed by atoms with E-state index >= 15 is 0 Å². The Balaban J connectivity index is 1.97. The van der Waals surface area contributed by atoms with Gasteiger partial charge in [-0.1, -0.05) is 24.6 Å². The number of rotatable bonds is 3. The van der Waals surface area contributed by atoms with Crippen molar-refractivity contribution in [3.05, 3.63) is 18.5 Å². The van der Waals surface area contributed by atoms with Crippen LogP contribution < -0.4 is 5.73 Å². The lowest BCUT2D eigenvalue weighted by Gasteiger charge is -2.29. The van der Waals surface area contributed by atoms with Crippen LogP contribution in [0.3, 0.4) is 0 Å². The monoisotopic (exact) mass is 223 g/mol. The van der Waals surface area contributed by atoms with Crippen molar-refractivity contribution >= 4 is 11.8 Å². The summed E-state index contributed by atoms with van der Waals surface area (Å²) in [7, 11) is 0. The van der Waals surface area contributed by atoms with Crippen molar-refractivity contribution in [1.29, 1.82) is 0 Å². The minimum atomic E-state index is 0.617. The molecule has 1 aliphatic carbocycles. The van der Waals surface area contributed by atoms with Crippen molar-refractivity contribution in [3.8, 4) is 0 Å². The topological polar surface area (TPSA) is 51.8 Å². The minimum Gasteiger partial charge on any atom is -0.330 e. The van der Waals surface area contributed by atoms with Gasteiger partial charge >= 0.3 is 0 Å². The van der Waals surface area contributed by atoms with Crippen LogP contribution in [0.15, 0.2) is 23.6 Å². The SMILES string of the molecule is NCC1CCCCC1Sc1ncccn1. The normalized spacial score (nSPS) is 26.5. The zero-order valence-corrected chi connectivity index (χ0v) is 9.62. The van der Waals surface area contributed by atoms with Gasteiger partial charge in [-0.2, -0.15) is 0 Å². The number of hydrogen-bond acceptors (Lipinski definition) is 4. The minimum absolute atomic E-state index is 0.617. The second-order valence-corrected chi connectivity index (χ2v) is 5.17. The van der Waals surface area contributed by atoms with Gasteiger partial charge in [-0.3, -0.25) is 0 Å². The summed E-state index contributed by atoms with van der Waals surface area (Å²) in [6, 6.07) is 1.85. The van der Waals surface area contributed by atoms with Crippen LogP contribution >= 0.6 is 11.8 Å². The highest BCUT2D eigenvalue weighted by molar-refractivity contribution is 7.99. The highest BCUT2D eigenvalue weighted by Gasteiger charge is 2.25. The first-order chi connectivity index (χ1) is 7.40. The summed E-state index contributed by atoms with van der Waals surface area (Å²) >= 11 is 1.79. The summed E-state index contributed by atoms with van der Waals surface area (Å²) in [5.74, 6) is 0.646. The second-order valence-electron chi connectivity index (χ2n) is 3.97. The van der Waals surface area contributed by atoms with Crippen LogP contribution in [0, 0.1) is 5.92 Å². The Labute approximate surface area is 94.9 Å². The van der Waals surface area contributed by atoms with E-state index in [2.05, 4.69) is 9.97 Å². The highest BCUT2D eigenvalue weighted by atomic mass is 32.2. The van der Waals surface area contributed by atoms with Crippen molar-refractivity contribution in [2.75, 3.05) is 6.54 Å². The average Bonchev–Trinajstić information content (AvgIpc) is 2.31. The molecule has 82 valence electrons. The molecule has 4 heteroatoms. The lowest BCUT2D eigenvalue weighted by atomic mass is 9.89. The van der Waals surface area contributed by atoms with Gasteiger partial charge in [0.15, 0.2) is 5.16 Å². The van der Waals surface area contributed by atoms with Crippen LogP contribution in [0.4, 0.5) is 0 Å². The van der Waals surface area contributed by atoms with E-state index in [9.17, 15) is 0 Å². The van der Waals surface area contributed by atoms with E-state index in [0.717, 1.165) is 11.7 Å². The molecule has 1 aromatic heterocycles. The van der Waals surface area contributed by atoms with Crippen LogP contribution in [-0.4, -0.2) is 21.8 Å². The van der Waals surface area contributed by atoms with Crippen LogP contribution in [0.5, 0.6) is 0 Å². The fourth-order valence-corrected chi connectivity index (χ4v) is 3.32. The molecule has 0 radical (unpaired) electrons. The molecule has 0 spiro atoms. The van der Waals surface area contributed by atoms with Gasteiger partial charge in [-0.25, -0.2) is 9.97 Å². The summed E-state index contributed by atoms with van der Waals surface area (Å²) in [5.41, 5.74) is 5.79. The van der Waals surface area contributed by atoms with Gasteiger partial charge in [0.25, 0.3) is 0 Å². The number of hydrogen-bond donors (Lipinski definition) is 1. The van der Waals surface area contributed by atoms with Gasteiger partial charge in [0, 0.05) is 17.6 Å². The third kappa shape index (κ3) is 2.92. The van der Waals surface area contributed by atoms with Gasteiger partial charge in [0.1, 0.15) is 0 Å². The summed E-state index contributed by atoms with van der Waals surface area (Å²) in [4.78, 5) is 8.51. The maximum atomic E-state index is 5.79. The Morgan fingerprint density at radius 3 is 2.73 bits per heavy atom. The molecule has 1 fully saturated rings. The molecule has 0 aliphatic heterocycles. The van der Waals surface area contributed by atoms with E-state index in [1.54, 1.807) is 24.2 Å². The van der Waals surface area contributed by atoms with E-state index < -0.39 is 0 Å². The Morgan fingerprint density at radius 2 is 2.00 bits per heavy atom. The summed E-state index contributed by atoms with van der Waals surface area (Å²) in [5, 5.41) is 1.51. The van der Waals surface area contributed by atoms with Crippen molar-refractivity contribution in [3.63, 3.8) is 0 Å². The summed E-state index contributed by atoms with van der Waals surface area (Å²) in [6.07, 6.45) is 8.77.